The van der Waals surface area contributed by atoms with Crippen molar-refractivity contribution in [2.24, 2.45) is 5.73 Å². The maximum absolute atomic E-state index is 10.9. The van der Waals surface area contributed by atoms with Gasteiger partial charge in [-0.15, -0.1) is 0 Å². The Morgan fingerprint density at radius 2 is 1.95 bits per heavy atom. The highest BCUT2D eigenvalue weighted by Gasteiger charge is 2.27. The lowest BCUT2D eigenvalue weighted by Gasteiger charge is -2.28. The highest BCUT2D eigenvalue weighted by atomic mass is 16.6. The van der Waals surface area contributed by atoms with E-state index in [1.54, 1.807) is 19.1 Å². The molecule has 1 fully saturated rings. The van der Waals surface area contributed by atoms with Gasteiger partial charge in [0.05, 0.1) is 16.0 Å². The van der Waals surface area contributed by atoms with Crippen LogP contribution in [0.25, 0.3) is 0 Å². The van der Waals surface area contributed by atoms with E-state index in [9.17, 15) is 10.1 Å². The van der Waals surface area contributed by atoms with Gasteiger partial charge in [0.2, 0.25) is 0 Å². The van der Waals surface area contributed by atoms with E-state index in [1.807, 2.05) is 0 Å². The zero-order chi connectivity index (χ0) is 14.6. The fraction of sp³-hybridized carbons (Fsp3) is 0.600. The van der Waals surface area contributed by atoms with Crippen LogP contribution in [0, 0.1) is 17.0 Å². The van der Waals surface area contributed by atoms with Crippen LogP contribution < -0.4 is 10.5 Å². The van der Waals surface area contributed by atoms with E-state index in [0.29, 0.717) is 17.9 Å². The van der Waals surface area contributed by atoms with Crippen molar-refractivity contribution in [2.45, 2.75) is 51.0 Å². The molecule has 0 aromatic heterocycles. The number of nitro groups is 1. The molecule has 0 unspecified atom stereocenters. The van der Waals surface area contributed by atoms with Gasteiger partial charge in [-0.2, -0.15) is 0 Å². The van der Waals surface area contributed by atoms with E-state index in [-0.39, 0.29) is 16.1 Å². The fourth-order valence-corrected chi connectivity index (χ4v) is 2.76. The molecule has 5 heteroatoms. The SMILES string of the molecule is Cc1c(OCC2(N)CCCCCC2)cccc1[N+](=O)[O-]. The molecule has 0 bridgehead atoms. The average Bonchev–Trinajstić information content (AvgIpc) is 2.63. The fourth-order valence-electron chi connectivity index (χ4n) is 2.76. The third-order valence-electron chi connectivity index (χ3n) is 4.07. The Morgan fingerprint density at radius 3 is 2.55 bits per heavy atom. The average molecular weight is 278 g/mol. The van der Waals surface area contributed by atoms with Crippen LogP contribution in [0.1, 0.15) is 44.1 Å². The molecule has 0 atom stereocenters. The third-order valence-corrected chi connectivity index (χ3v) is 4.07. The van der Waals surface area contributed by atoms with Crippen molar-refractivity contribution < 1.29 is 9.66 Å². The molecule has 2 N–H and O–H groups in total. The smallest absolute Gasteiger partial charge is 0.276 e. The standard InChI is InChI=1S/C15H22N2O3/c1-12-13(17(18)19)7-6-8-14(12)20-11-15(16)9-4-2-3-5-10-15/h6-8H,2-5,9-11,16H2,1H3. The summed E-state index contributed by atoms with van der Waals surface area (Å²) in [5.74, 6) is 0.563. The molecule has 0 spiro atoms. The molecule has 110 valence electrons. The van der Waals surface area contributed by atoms with Crippen LogP contribution in [0.3, 0.4) is 0 Å². The first-order valence-corrected chi connectivity index (χ1v) is 7.17. The second-order valence-corrected chi connectivity index (χ2v) is 5.72. The summed E-state index contributed by atoms with van der Waals surface area (Å²) >= 11 is 0. The molecular weight excluding hydrogens is 256 g/mol. The summed E-state index contributed by atoms with van der Waals surface area (Å²) in [4.78, 5) is 10.5. The molecule has 5 nitrogen and oxygen atoms in total. The summed E-state index contributed by atoms with van der Waals surface area (Å²) in [6, 6.07) is 4.91. The van der Waals surface area contributed by atoms with E-state index in [4.69, 9.17) is 10.5 Å². The van der Waals surface area contributed by atoms with E-state index < -0.39 is 0 Å². The molecule has 1 aliphatic carbocycles. The zero-order valence-electron chi connectivity index (χ0n) is 11.9. The summed E-state index contributed by atoms with van der Waals surface area (Å²) in [6.07, 6.45) is 6.65. The second kappa shape index (κ2) is 6.22. The number of nitro benzene ring substituents is 1. The Hall–Kier alpha value is -1.62. The number of nitrogens with two attached hydrogens (primary N) is 1. The van der Waals surface area contributed by atoms with Gasteiger partial charge in [-0.05, 0) is 25.8 Å². The molecule has 0 amide bonds. The lowest BCUT2D eigenvalue weighted by Crippen LogP contribution is -2.45. The van der Waals surface area contributed by atoms with E-state index in [1.165, 1.54) is 18.9 Å². The molecule has 1 saturated carbocycles. The van der Waals surface area contributed by atoms with Gasteiger partial charge in [-0.25, -0.2) is 0 Å². The molecule has 1 aliphatic rings. The minimum atomic E-state index is -0.383. The van der Waals surface area contributed by atoms with Crippen LogP contribution in [-0.2, 0) is 0 Å². The van der Waals surface area contributed by atoms with E-state index in [0.717, 1.165) is 25.7 Å². The first-order valence-electron chi connectivity index (χ1n) is 7.17. The summed E-state index contributed by atoms with van der Waals surface area (Å²) in [6.45, 7) is 2.14. The Bertz CT molecular complexity index is 480. The van der Waals surface area contributed by atoms with Crippen molar-refractivity contribution in [1.82, 2.24) is 0 Å². The van der Waals surface area contributed by atoms with Crippen LogP contribution in [-0.4, -0.2) is 17.1 Å². The Kier molecular flexibility index (Phi) is 4.60. The van der Waals surface area contributed by atoms with E-state index in [2.05, 4.69) is 0 Å². The number of benzene rings is 1. The van der Waals surface area contributed by atoms with Crippen LogP contribution in [0.2, 0.25) is 0 Å². The number of hydrogen-bond acceptors (Lipinski definition) is 4. The molecule has 0 radical (unpaired) electrons. The van der Waals surface area contributed by atoms with Gasteiger partial charge in [0.25, 0.3) is 5.69 Å². The number of ether oxygens (including phenoxy) is 1. The molecule has 0 aliphatic heterocycles. The lowest BCUT2D eigenvalue weighted by molar-refractivity contribution is -0.385. The topological polar surface area (TPSA) is 78.4 Å². The monoisotopic (exact) mass is 278 g/mol. The second-order valence-electron chi connectivity index (χ2n) is 5.72. The van der Waals surface area contributed by atoms with Gasteiger partial charge in [0, 0.05) is 6.07 Å². The maximum atomic E-state index is 10.9. The molecular formula is C15H22N2O3. The summed E-state index contributed by atoms with van der Waals surface area (Å²) < 4.78 is 5.80. The van der Waals surface area contributed by atoms with Gasteiger partial charge >= 0.3 is 0 Å². The molecule has 1 aromatic carbocycles. The third kappa shape index (κ3) is 3.48. The minimum Gasteiger partial charge on any atom is -0.491 e. The molecule has 2 rings (SSSR count). The van der Waals surface area contributed by atoms with Crippen molar-refractivity contribution in [1.29, 1.82) is 0 Å². The van der Waals surface area contributed by atoms with Gasteiger partial charge in [-0.3, -0.25) is 10.1 Å². The predicted octanol–water partition coefficient (Wildman–Crippen LogP) is 3.33. The minimum absolute atomic E-state index is 0.0921. The Balaban J connectivity index is 2.07. The highest BCUT2D eigenvalue weighted by Crippen LogP contribution is 2.30. The van der Waals surface area contributed by atoms with Gasteiger partial charge in [0.15, 0.2) is 0 Å². The predicted molar refractivity (Wildman–Crippen MR) is 77.9 cm³/mol. The molecule has 1 aromatic rings. The van der Waals surface area contributed by atoms with Crippen molar-refractivity contribution in [3.05, 3.63) is 33.9 Å². The Labute approximate surface area is 119 Å². The molecule has 0 heterocycles. The Morgan fingerprint density at radius 1 is 1.30 bits per heavy atom. The number of hydrogen-bond donors (Lipinski definition) is 1. The van der Waals surface area contributed by atoms with Gasteiger partial charge in [0.1, 0.15) is 12.4 Å². The van der Waals surface area contributed by atoms with Crippen LogP contribution in [0.5, 0.6) is 5.75 Å². The first-order chi connectivity index (χ1) is 9.52. The van der Waals surface area contributed by atoms with Crippen molar-refractivity contribution in [3.63, 3.8) is 0 Å². The summed E-state index contributed by atoms with van der Waals surface area (Å²) in [5, 5.41) is 10.9. The van der Waals surface area contributed by atoms with Gasteiger partial charge < -0.3 is 10.5 Å². The van der Waals surface area contributed by atoms with Crippen molar-refractivity contribution in [2.75, 3.05) is 6.61 Å². The summed E-state index contributed by atoms with van der Waals surface area (Å²) in [5.41, 5.74) is 6.75. The maximum Gasteiger partial charge on any atom is 0.276 e. The van der Waals surface area contributed by atoms with Crippen molar-refractivity contribution >= 4 is 5.69 Å². The molecule has 20 heavy (non-hydrogen) atoms. The normalized spacial score (nSPS) is 18.3. The van der Waals surface area contributed by atoms with Crippen LogP contribution in [0.15, 0.2) is 18.2 Å². The number of nitrogens with zero attached hydrogens (tertiary/aromatic N) is 1. The summed E-state index contributed by atoms with van der Waals surface area (Å²) in [7, 11) is 0. The largest absolute Gasteiger partial charge is 0.491 e. The first kappa shape index (κ1) is 14.8. The zero-order valence-corrected chi connectivity index (χ0v) is 11.9. The quantitative estimate of drug-likeness (QED) is 0.520. The van der Waals surface area contributed by atoms with Crippen LogP contribution >= 0.6 is 0 Å². The van der Waals surface area contributed by atoms with Gasteiger partial charge in [-0.1, -0.05) is 31.7 Å². The van der Waals surface area contributed by atoms with Crippen molar-refractivity contribution in [3.8, 4) is 5.75 Å². The number of rotatable bonds is 4. The molecule has 0 saturated heterocycles. The highest BCUT2D eigenvalue weighted by molar-refractivity contribution is 5.48. The van der Waals surface area contributed by atoms with Crippen LogP contribution in [0.4, 0.5) is 5.69 Å². The van der Waals surface area contributed by atoms with E-state index >= 15 is 0 Å². The lowest BCUT2D eigenvalue weighted by atomic mass is 9.92.